The van der Waals surface area contributed by atoms with Crippen molar-refractivity contribution < 1.29 is 34.8 Å². The van der Waals surface area contributed by atoms with E-state index in [-0.39, 0.29) is 12.1 Å². The maximum Gasteiger partial charge on any atom is 0.417 e. The van der Waals surface area contributed by atoms with Crippen molar-refractivity contribution in [3.05, 3.63) is 27.7 Å². The summed E-state index contributed by atoms with van der Waals surface area (Å²) >= 11 is 2.45. The van der Waals surface area contributed by atoms with E-state index in [1.807, 2.05) is 0 Å². The first-order valence-corrected chi connectivity index (χ1v) is 6.59. The average molecular weight is 372 g/mol. The first kappa shape index (κ1) is 16.2. The van der Waals surface area contributed by atoms with Gasteiger partial charge in [0.15, 0.2) is 0 Å². The molecule has 0 radical (unpaired) electrons. The molecule has 3 nitrogen and oxygen atoms in total. The second kappa shape index (κ2) is 4.63. The summed E-state index contributed by atoms with van der Waals surface area (Å²) < 4.78 is 96.3. The molecule has 1 rings (SSSR count). The van der Waals surface area contributed by atoms with Crippen LogP contribution in [-0.4, -0.2) is 8.42 Å². The molecule has 0 amide bonds. The lowest BCUT2D eigenvalue weighted by Gasteiger charge is -2.17. The maximum atomic E-state index is 12.5. The number of alkyl halides is 6. The fourth-order valence-corrected chi connectivity index (χ4v) is 2.87. The third-order valence-electron chi connectivity index (χ3n) is 1.99. The number of rotatable bonds is 1. The Morgan fingerprint density at radius 2 is 1.32 bits per heavy atom. The molecule has 0 saturated carbocycles. The van der Waals surface area contributed by atoms with Crippen molar-refractivity contribution in [3.63, 3.8) is 0 Å². The fraction of sp³-hybridized carbons (Fsp3) is 0.250. The third kappa shape index (κ3) is 3.60. The van der Waals surface area contributed by atoms with Crippen LogP contribution in [0.4, 0.5) is 26.3 Å². The Bertz CT molecular complexity index is 607. The molecule has 11 heteroatoms. The lowest BCUT2D eigenvalue weighted by Crippen LogP contribution is -2.20. The maximum absolute atomic E-state index is 12.5. The van der Waals surface area contributed by atoms with Gasteiger partial charge in [0.25, 0.3) is 0 Å². The lowest BCUT2D eigenvalue weighted by atomic mass is 10.1. The lowest BCUT2D eigenvalue weighted by molar-refractivity contribution is -0.162. The van der Waals surface area contributed by atoms with Crippen molar-refractivity contribution in [1.29, 1.82) is 0 Å². The molecular weight excluding hydrogens is 368 g/mol. The normalized spacial score (nSPS) is 13.7. The number of benzene rings is 1. The number of halogens is 7. The van der Waals surface area contributed by atoms with Crippen LogP contribution < -0.4 is 5.14 Å². The van der Waals surface area contributed by atoms with Crippen molar-refractivity contribution in [2.45, 2.75) is 17.2 Å². The summed E-state index contributed by atoms with van der Waals surface area (Å²) in [6.07, 6.45) is -10.7. The van der Waals surface area contributed by atoms with E-state index in [0.717, 1.165) is 0 Å². The monoisotopic (exact) mass is 371 g/mol. The Morgan fingerprint density at radius 1 is 0.947 bits per heavy atom. The highest BCUT2D eigenvalue weighted by molar-refractivity contribution is 9.10. The number of nitrogens with two attached hydrogens (primary N) is 1. The van der Waals surface area contributed by atoms with Gasteiger partial charge in [-0.3, -0.25) is 0 Å². The molecule has 0 saturated heterocycles. The van der Waals surface area contributed by atoms with Crippen molar-refractivity contribution in [1.82, 2.24) is 0 Å². The van der Waals surface area contributed by atoms with E-state index in [2.05, 4.69) is 21.1 Å². The highest BCUT2D eigenvalue weighted by Gasteiger charge is 2.44. The summed E-state index contributed by atoms with van der Waals surface area (Å²) in [5, 5.41) is 4.62. The highest BCUT2D eigenvalue weighted by atomic mass is 79.9. The SMILES string of the molecule is NS(=O)(=O)c1cc(C(F)(F)F)c(C(F)(F)F)cc1Br. The molecule has 19 heavy (non-hydrogen) atoms. The minimum atomic E-state index is -5.37. The first-order valence-electron chi connectivity index (χ1n) is 4.25. The van der Waals surface area contributed by atoms with Crippen LogP contribution >= 0.6 is 15.9 Å². The number of sulfonamides is 1. The number of hydrogen-bond acceptors (Lipinski definition) is 2. The zero-order valence-corrected chi connectivity index (χ0v) is 11.0. The van der Waals surface area contributed by atoms with E-state index >= 15 is 0 Å². The van der Waals surface area contributed by atoms with Gasteiger partial charge in [-0.05, 0) is 28.1 Å². The van der Waals surface area contributed by atoms with Gasteiger partial charge in [0, 0.05) is 4.47 Å². The molecule has 0 atom stereocenters. The molecule has 0 aliphatic heterocycles. The predicted molar refractivity (Wildman–Crippen MR) is 55.5 cm³/mol. The van der Waals surface area contributed by atoms with Gasteiger partial charge < -0.3 is 0 Å². The summed E-state index contributed by atoms with van der Waals surface area (Å²) in [5.74, 6) is 0. The Balaban J connectivity index is 3.76. The van der Waals surface area contributed by atoms with Gasteiger partial charge in [-0.1, -0.05) is 0 Å². The minimum Gasteiger partial charge on any atom is -0.225 e. The van der Waals surface area contributed by atoms with Gasteiger partial charge in [-0.15, -0.1) is 0 Å². The van der Waals surface area contributed by atoms with Gasteiger partial charge in [-0.25, -0.2) is 13.6 Å². The molecule has 108 valence electrons. The van der Waals surface area contributed by atoms with Crippen LogP contribution in [0.5, 0.6) is 0 Å². The summed E-state index contributed by atoms with van der Waals surface area (Å²) in [7, 11) is -4.59. The Morgan fingerprint density at radius 3 is 1.63 bits per heavy atom. The van der Waals surface area contributed by atoms with Crippen LogP contribution in [-0.2, 0) is 22.4 Å². The molecule has 0 aliphatic carbocycles. The smallest absolute Gasteiger partial charge is 0.225 e. The summed E-state index contributed by atoms with van der Waals surface area (Å²) in [4.78, 5) is -1.08. The van der Waals surface area contributed by atoms with E-state index < -0.39 is 42.9 Å². The topological polar surface area (TPSA) is 60.2 Å². The molecule has 0 aromatic heterocycles. The Kier molecular flexibility index (Phi) is 3.96. The fourth-order valence-electron chi connectivity index (χ4n) is 1.24. The van der Waals surface area contributed by atoms with Gasteiger partial charge in [-0.2, -0.15) is 26.3 Å². The van der Waals surface area contributed by atoms with Crippen LogP contribution in [0.1, 0.15) is 11.1 Å². The van der Waals surface area contributed by atoms with Crippen molar-refractivity contribution in [2.75, 3.05) is 0 Å². The average Bonchev–Trinajstić information content (AvgIpc) is 2.11. The second-order valence-electron chi connectivity index (χ2n) is 3.37. The molecular formula is C8H4BrF6NO2S. The first-order chi connectivity index (χ1) is 8.24. The van der Waals surface area contributed by atoms with Gasteiger partial charge in [0.2, 0.25) is 10.0 Å². The van der Waals surface area contributed by atoms with Crippen molar-refractivity contribution >= 4 is 26.0 Å². The molecule has 1 aromatic rings. The summed E-state index contributed by atoms with van der Waals surface area (Å²) in [6, 6.07) is -0.120. The zero-order valence-electron chi connectivity index (χ0n) is 8.60. The standard InChI is InChI=1S/C8H4BrF6NO2S/c9-5-1-3(7(10,11)12)4(8(13,14)15)2-6(5)19(16,17)18/h1-2H,(H2,16,17,18). The molecule has 0 aliphatic rings. The van der Waals surface area contributed by atoms with Crippen LogP contribution in [0.15, 0.2) is 21.5 Å². The van der Waals surface area contributed by atoms with E-state index in [9.17, 15) is 34.8 Å². The molecule has 0 unspecified atom stereocenters. The van der Waals surface area contributed by atoms with E-state index in [1.165, 1.54) is 0 Å². The molecule has 0 bridgehead atoms. The van der Waals surface area contributed by atoms with Gasteiger partial charge in [0.05, 0.1) is 16.0 Å². The number of primary sulfonamides is 1. The van der Waals surface area contributed by atoms with Crippen LogP contribution in [0.25, 0.3) is 0 Å². The Hall–Kier alpha value is -0.810. The largest absolute Gasteiger partial charge is 0.417 e. The van der Waals surface area contributed by atoms with Crippen molar-refractivity contribution in [3.8, 4) is 0 Å². The highest BCUT2D eigenvalue weighted by Crippen LogP contribution is 2.43. The van der Waals surface area contributed by atoms with E-state index in [1.54, 1.807) is 0 Å². The molecule has 0 heterocycles. The molecule has 1 aromatic carbocycles. The molecule has 0 spiro atoms. The van der Waals surface area contributed by atoms with Crippen LogP contribution in [0, 0.1) is 0 Å². The van der Waals surface area contributed by atoms with Crippen LogP contribution in [0.2, 0.25) is 0 Å². The quantitative estimate of drug-likeness (QED) is 0.771. The molecule has 2 N–H and O–H groups in total. The third-order valence-corrected chi connectivity index (χ3v) is 3.86. The summed E-state index contributed by atoms with van der Waals surface area (Å²) in [6.45, 7) is 0. The van der Waals surface area contributed by atoms with Crippen LogP contribution in [0.3, 0.4) is 0 Å². The predicted octanol–water partition coefficient (Wildman–Crippen LogP) is 3.13. The van der Waals surface area contributed by atoms with E-state index in [0.29, 0.717) is 0 Å². The summed E-state index contributed by atoms with van der Waals surface area (Å²) in [5.41, 5.74) is -4.12. The van der Waals surface area contributed by atoms with Gasteiger partial charge in [0.1, 0.15) is 0 Å². The number of hydrogen-bond donors (Lipinski definition) is 1. The zero-order chi connectivity index (χ0) is 15.2. The van der Waals surface area contributed by atoms with Gasteiger partial charge >= 0.3 is 12.4 Å². The second-order valence-corrected chi connectivity index (χ2v) is 5.75. The molecule has 0 fully saturated rings. The minimum absolute atomic E-state index is 0.0303. The van der Waals surface area contributed by atoms with E-state index in [4.69, 9.17) is 0 Å². The van der Waals surface area contributed by atoms with Crippen molar-refractivity contribution in [2.24, 2.45) is 5.14 Å². The Labute approximate surface area is 111 Å².